The van der Waals surface area contributed by atoms with Gasteiger partial charge < -0.3 is 0 Å². The van der Waals surface area contributed by atoms with Crippen LogP contribution in [0.4, 0.5) is 0 Å². The first-order valence-corrected chi connectivity index (χ1v) is 3.13. The maximum absolute atomic E-state index is 7.66. The minimum atomic E-state index is -0.267. The fourth-order valence-electron chi connectivity index (χ4n) is 0. The Morgan fingerprint density at radius 2 is 1.80 bits per heavy atom. The quantitative estimate of drug-likeness (QED) is 0.288. The molecular weight excluding hydrogens is 88.1 g/mol. The highest BCUT2D eigenvalue weighted by molar-refractivity contribution is 7.90. The second-order valence-corrected chi connectivity index (χ2v) is 2.45. The van der Waals surface area contributed by atoms with Crippen molar-refractivity contribution in [3.63, 3.8) is 0 Å². The Hall–Kier alpha value is 0.270. The fourth-order valence-corrected chi connectivity index (χ4v) is 0. The van der Waals surface area contributed by atoms with Crippen LogP contribution in [0.5, 0.6) is 0 Å². The summed E-state index contributed by atoms with van der Waals surface area (Å²) in [5.41, 5.74) is 0. The molecule has 2 nitrogen and oxygen atoms in total. The van der Waals surface area contributed by atoms with Crippen LogP contribution in [-0.4, -0.2) is 17.8 Å². The summed E-state index contributed by atoms with van der Waals surface area (Å²) in [6, 6.07) is 0. The van der Waals surface area contributed by atoms with E-state index in [2.05, 4.69) is 4.33 Å². The van der Waals surface area contributed by atoms with Crippen LogP contribution in [0, 0.1) is 0 Å². The summed E-state index contributed by atoms with van der Waals surface area (Å²) in [7, 11) is 0. The Kier molecular flexibility index (Phi) is 2.64. The summed E-state index contributed by atoms with van der Waals surface area (Å²) in [5.74, 6) is 0. The van der Waals surface area contributed by atoms with Crippen molar-refractivity contribution >= 4 is 11.2 Å². The molecule has 0 aliphatic carbocycles. The smallest absolute Gasteiger partial charge is 0.180 e. The maximum Gasteiger partial charge on any atom is 0.180 e. The number of hydrogen-bond acceptors (Lipinski definition) is 2. The van der Waals surface area contributed by atoms with E-state index in [0.717, 1.165) is 0 Å². The summed E-state index contributed by atoms with van der Waals surface area (Å²) < 4.78 is 3.78. The van der Waals surface area contributed by atoms with Crippen LogP contribution in [0.15, 0.2) is 0 Å². The van der Waals surface area contributed by atoms with Crippen molar-refractivity contribution in [2.24, 2.45) is 0 Å². The fraction of sp³-hybridized carbons (Fsp3) is 1.00. The molecule has 0 aliphatic rings. The first kappa shape index (κ1) is 5.27. The molecule has 0 amide bonds. The standard InChI is InChI=1S/C2H6O2S/c1-5(2)4-3/h1-2H3/p+1. The Balaban J connectivity index is 2.54. The molecule has 0 heterocycles. The normalized spacial score (nSPS) is 9.60. The van der Waals surface area contributed by atoms with Gasteiger partial charge in [-0.05, 0) is 4.33 Å². The van der Waals surface area contributed by atoms with E-state index in [1.807, 2.05) is 0 Å². The molecule has 32 valence electrons. The zero-order chi connectivity index (χ0) is 4.28. The largest absolute Gasteiger partial charge is 0.204 e. The summed E-state index contributed by atoms with van der Waals surface area (Å²) in [6.07, 6.45) is 3.56. The van der Waals surface area contributed by atoms with Gasteiger partial charge in [0.25, 0.3) is 0 Å². The molecule has 0 saturated heterocycles. The van der Waals surface area contributed by atoms with E-state index in [-0.39, 0.29) is 11.2 Å². The van der Waals surface area contributed by atoms with Gasteiger partial charge in [-0.1, -0.05) is 0 Å². The van der Waals surface area contributed by atoms with Gasteiger partial charge in [0, 0.05) is 0 Å². The highest BCUT2D eigenvalue weighted by atomic mass is 32.2. The van der Waals surface area contributed by atoms with Gasteiger partial charge in [0.2, 0.25) is 0 Å². The van der Waals surface area contributed by atoms with E-state index in [1.54, 1.807) is 12.5 Å². The van der Waals surface area contributed by atoms with Crippen molar-refractivity contribution < 1.29 is 9.59 Å². The molecule has 0 saturated carbocycles. The van der Waals surface area contributed by atoms with Crippen LogP contribution >= 0.6 is 0 Å². The monoisotopic (exact) mass is 95.0 g/mol. The zero-order valence-corrected chi connectivity index (χ0v) is 4.08. The Labute approximate surface area is 34.2 Å². The maximum atomic E-state index is 7.66. The predicted octanol–water partition coefficient (Wildman–Crippen LogP) is 0.269. The van der Waals surface area contributed by atoms with Crippen LogP contribution < -0.4 is 0 Å². The molecule has 1 N–H and O–H groups in total. The zero-order valence-electron chi connectivity index (χ0n) is 3.26. The Morgan fingerprint density at radius 3 is 1.80 bits per heavy atom. The van der Waals surface area contributed by atoms with Gasteiger partial charge in [-0.2, -0.15) is 0 Å². The van der Waals surface area contributed by atoms with Crippen molar-refractivity contribution in [3.8, 4) is 0 Å². The first-order chi connectivity index (χ1) is 2.27. The third-order valence-electron chi connectivity index (χ3n) is 0.149. The minimum Gasteiger partial charge on any atom is -0.204 e. The average Bonchev–Trinajstić information content (AvgIpc) is 1.38. The molecular formula is C2H7O2S+. The van der Waals surface area contributed by atoms with Gasteiger partial charge in [-0.15, -0.1) is 0 Å². The molecule has 3 heteroatoms. The molecule has 0 spiro atoms. The molecule has 0 radical (unpaired) electrons. The van der Waals surface area contributed by atoms with E-state index >= 15 is 0 Å². The van der Waals surface area contributed by atoms with Gasteiger partial charge in [0.15, 0.2) is 11.2 Å². The van der Waals surface area contributed by atoms with Crippen molar-refractivity contribution in [2.45, 2.75) is 0 Å². The highest BCUT2D eigenvalue weighted by Gasteiger charge is 1.95. The SMILES string of the molecule is C[S+](C)OO. The molecule has 0 aromatic carbocycles. The molecule has 0 aromatic heterocycles. The lowest BCUT2D eigenvalue weighted by atomic mass is 11.9. The predicted molar refractivity (Wildman–Crippen MR) is 22.9 cm³/mol. The van der Waals surface area contributed by atoms with Crippen LogP contribution in [0.25, 0.3) is 0 Å². The van der Waals surface area contributed by atoms with Crippen molar-refractivity contribution in [1.82, 2.24) is 0 Å². The van der Waals surface area contributed by atoms with E-state index in [9.17, 15) is 0 Å². The van der Waals surface area contributed by atoms with Crippen molar-refractivity contribution in [3.05, 3.63) is 0 Å². The average molecular weight is 95.1 g/mol. The third-order valence-corrected chi connectivity index (χ3v) is 0.447. The van der Waals surface area contributed by atoms with Gasteiger partial charge in [-0.25, -0.2) is 5.26 Å². The third kappa shape index (κ3) is 4.27. The molecule has 0 aromatic rings. The van der Waals surface area contributed by atoms with Crippen LogP contribution in [-0.2, 0) is 15.5 Å². The summed E-state index contributed by atoms with van der Waals surface area (Å²) in [5, 5.41) is 7.66. The number of rotatable bonds is 1. The van der Waals surface area contributed by atoms with Gasteiger partial charge in [0.05, 0.1) is 0 Å². The molecule has 0 rings (SSSR count). The molecule has 0 fully saturated rings. The lowest BCUT2D eigenvalue weighted by Gasteiger charge is -1.77. The summed E-state index contributed by atoms with van der Waals surface area (Å²) in [6.45, 7) is 0. The molecule has 0 unspecified atom stereocenters. The van der Waals surface area contributed by atoms with Crippen LogP contribution in [0.2, 0.25) is 0 Å². The molecule has 0 aliphatic heterocycles. The van der Waals surface area contributed by atoms with Gasteiger partial charge in [0.1, 0.15) is 12.5 Å². The van der Waals surface area contributed by atoms with E-state index in [0.29, 0.717) is 0 Å². The highest BCUT2D eigenvalue weighted by Crippen LogP contribution is 1.76. The summed E-state index contributed by atoms with van der Waals surface area (Å²) >= 11 is -0.267. The minimum absolute atomic E-state index is 0.267. The van der Waals surface area contributed by atoms with Crippen LogP contribution in [0.1, 0.15) is 0 Å². The molecule has 0 bridgehead atoms. The molecule has 5 heavy (non-hydrogen) atoms. The second-order valence-electron chi connectivity index (χ2n) is 0.816. The topological polar surface area (TPSA) is 29.5 Å². The lowest BCUT2D eigenvalue weighted by Crippen LogP contribution is -1.94. The van der Waals surface area contributed by atoms with Crippen molar-refractivity contribution in [2.75, 3.05) is 12.5 Å². The Bertz CT molecular complexity index is 21.6. The summed E-state index contributed by atoms with van der Waals surface area (Å²) in [4.78, 5) is 0. The first-order valence-electron chi connectivity index (χ1n) is 1.17. The van der Waals surface area contributed by atoms with Crippen molar-refractivity contribution in [1.29, 1.82) is 0 Å². The lowest BCUT2D eigenvalue weighted by molar-refractivity contribution is -0.121. The van der Waals surface area contributed by atoms with Gasteiger partial charge in [-0.3, -0.25) is 0 Å². The Morgan fingerprint density at radius 1 is 1.60 bits per heavy atom. The van der Waals surface area contributed by atoms with E-state index in [1.165, 1.54) is 0 Å². The van der Waals surface area contributed by atoms with E-state index < -0.39 is 0 Å². The van der Waals surface area contributed by atoms with Crippen LogP contribution in [0.3, 0.4) is 0 Å². The van der Waals surface area contributed by atoms with E-state index in [4.69, 9.17) is 5.26 Å². The number of hydrogen-bond donors (Lipinski definition) is 1. The molecule has 0 atom stereocenters. The van der Waals surface area contributed by atoms with Gasteiger partial charge >= 0.3 is 0 Å². The second kappa shape index (κ2) is 2.50.